The van der Waals surface area contributed by atoms with Crippen molar-refractivity contribution in [3.63, 3.8) is 0 Å². The summed E-state index contributed by atoms with van der Waals surface area (Å²) in [6, 6.07) is -5.33. The minimum Gasteiger partial charge on any atom is -0.477 e. The first-order valence-corrected chi connectivity index (χ1v) is 22.2. The van der Waals surface area contributed by atoms with Gasteiger partial charge in [-0.3, -0.25) is 14.4 Å². The van der Waals surface area contributed by atoms with Crippen LogP contribution in [0.4, 0.5) is 0 Å². The van der Waals surface area contributed by atoms with Crippen LogP contribution in [-0.2, 0) is 61.8 Å². The number of carboxylic acid groups (broad SMARTS) is 1. The zero-order valence-corrected chi connectivity index (χ0v) is 38.1. The lowest BCUT2D eigenvalue weighted by Crippen LogP contribution is -2.72. The third kappa shape index (κ3) is 12.9. The fourth-order valence-electron chi connectivity index (χ4n) is 8.94. The molecule has 5 fully saturated rings. The number of carbonyl (C=O) groups excluding carboxylic acids is 3. The van der Waals surface area contributed by atoms with Crippen molar-refractivity contribution in [2.24, 2.45) is 0 Å². The SMILES string of the molecule is CC(=O)N[C@@H]1[C@@H](O[C@@H]2O[C@H](CO)[C@H](O[C@@H]3O[C@H](CO)[C@H](O[C@@H]4O[C@H](CO)[C@H](O)[C@H](O)[C@H]4O)[C@H](O)[C@H]3NC(C)=O)[C@H](O[C@]3(C(=O)O)C[C@H](O)[C@@H](NC(C)=O)[C@H]([C@H](O)[C@H](O)CO)O3)[C@H]2O)[C@@H](O)[C@@H](CO)O[C@@H]1O. The first-order valence-electron chi connectivity index (χ1n) is 22.2. The average Bonchev–Trinajstić information content (AvgIpc) is 3.31. The first kappa shape index (κ1) is 58.8. The number of amides is 3. The van der Waals surface area contributed by atoms with Crippen LogP contribution in [0.1, 0.15) is 27.2 Å². The second-order valence-electron chi connectivity index (χ2n) is 17.6. The number of nitrogens with one attached hydrogen (secondary N) is 3. The molecule has 0 bridgehead atoms. The van der Waals surface area contributed by atoms with Crippen LogP contribution in [0, 0.1) is 0 Å². The van der Waals surface area contributed by atoms with Crippen molar-refractivity contribution < 1.29 is 144 Å². The van der Waals surface area contributed by atoms with E-state index >= 15 is 0 Å². The van der Waals surface area contributed by atoms with Gasteiger partial charge >= 0.3 is 5.97 Å². The Balaban J connectivity index is 1.59. The van der Waals surface area contributed by atoms with E-state index in [9.17, 15) is 101 Å². The van der Waals surface area contributed by atoms with Gasteiger partial charge in [0.05, 0.1) is 45.2 Å². The van der Waals surface area contributed by atoms with Crippen molar-refractivity contribution in [3.8, 4) is 0 Å². The molecule has 19 N–H and O–H groups in total. The van der Waals surface area contributed by atoms with Gasteiger partial charge in [-0.25, -0.2) is 4.79 Å². The van der Waals surface area contributed by atoms with Crippen molar-refractivity contribution in [1.29, 1.82) is 0 Å². The Morgan fingerprint density at radius 1 is 0.549 bits per heavy atom. The molecule has 0 aromatic heterocycles. The molecule has 0 aliphatic carbocycles. The molecule has 5 heterocycles. The van der Waals surface area contributed by atoms with Crippen molar-refractivity contribution in [2.45, 2.75) is 186 Å². The fourth-order valence-corrected chi connectivity index (χ4v) is 8.94. The van der Waals surface area contributed by atoms with Crippen LogP contribution in [-0.4, -0.2) is 297 Å². The highest BCUT2D eigenvalue weighted by molar-refractivity contribution is 5.77. The zero-order valence-electron chi connectivity index (χ0n) is 38.1. The maximum atomic E-state index is 13.4. The van der Waals surface area contributed by atoms with E-state index < -0.39 is 222 Å². The number of carboxylic acids is 1. The van der Waals surface area contributed by atoms with Crippen LogP contribution in [0.15, 0.2) is 0 Å². The predicted molar refractivity (Wildman–Crippen MR) is 219 cm³/mol. The minimum absolute atomic E-state index is 0.823. The molecule has 26 atom stereocenters. The molecule has 5 saturated heterocycles. The molecule has 5 aliphatic rings. The second kappa shape index (κ2) is 25.0. The van der Waals surface area contributed by atoms with Gasteiger partial charge in [0.15, 0.2) is 25.2 Å². The predicted octanol–water partition coefficient (Wildman–Crippen LogP) is -12.3. The number of ether oxygens (including phenoxy) is 9. The van der Waals surface area contributed by atoms with Crippen LogP contribution in [0.3, 0.4) is 0 Å². The first-order chi connectivity index (χ1) is 33.4. The Kier molecular flexibility index (Phi) is 20.7. The molecule has 0 aromatic carbocycles. The molecular formula is C39H65N3O29. The maximum absolute atomic E-state index is 13.4. The highest BCUT2D eigenvalue weighted by Crippen LogP contribution is 2.40. The van der Waals surface area contributed by atoms with E-state index in [0.29, 0.717) is 0 Å². The molecule has 3 amide bonds. The van der Waals surface area contributed by atoms with Crippen molar-refractivity contribution in [3.05, 3.63) is 0 Å². The summed E-state index contributed by atoms with van der Waals surface area (Å²) >= 11 is 0. The molecule has 0 saturated carbocycles. The van der Waals surface area contributed by atoms with E-state index in [1.807, 2.05) is 0 Å². The molecule has 0 spiro atoms. The van der Waals surface area contributed by atoms with E-state index in [-0.39, 0.29) is 0 Å². The molecule has 0 aromatic rings. The summed E-state index contributed by atoms with van der Waals surface area (Å²) in [6.45, 7) is -2.41. The Morgan fingerprint density at radius 3 is 1.58 bits per heavy atom. The maximum Gasteiger partial charge on any atom is 0.364 e. The van der Waals surface area contributed by atoms with Gasteiger partial charge in [-0.05, 0) is 0 Å². The molecule has 32 nitrogen and oxygen atoms in total. The molecule has 5 aliphatic heterocycles. The van der Waals surface area contributed by atoms with Gasteiger partial charge in [0.1, 0.15) is 116 Å². The summed E-state index contributed by atoms with van der Waals surface area (Å²) in [4.78, 5) is 50.5. The Hall–Kier alpha value is -3.08. The largest absolute Gasteiger partial charge is 0.477 e. The molecule has 0 unspecified atom stereocenters. The smallest absolute Gasteiger partial charge is 0.364 e. The quantitative estimate of drug-likeness (QED) is 0.0571. The lowest BCUT2D eigenvalue weighted by Gasteiger charge is -2.52. The summed E-state index contributed by atoms with van der Waals surface area (Å²) in [5.74, 6) is -8.07. The molecule has 0 radical (unpaired) electrons. The third-order valence-electron chi connectivity index (χ3n) is 12.5. The van der Waals surface area contributed by atoms with E-state index in [1.54, 1.807) is 0 Å². The highest BCUT2D eigenvalue weighted by atomic mass is 16.8. The lowest BCUT2D eigenvalue weighted by molar-refractivity contribution is -0.400. The Morgan fingerprint density at radius 2 is 1.03 bits per heavy atom. The second-order valence-corrected chi connectivity index (χ2v) is 17.6. The number of aliphatic hydroxyl groups excluding tert-OH is 15. The number of carbonyl (C=O) groups is 4. The number of hydrogen-bond donors (Lipinski definition) is 19. The topological polar surface area (TPSA) is 511 Å². The summed E-state index contributed by atoms with van der Waals surface area (Å²) in [5.41, 5.74) is 0. The van der Waals surface area contributed by atoms with Gasteiger partial charge in [0.25, 0.3) is 5.79 Å². The summed E-state index contributed by atoms with van der Waals surface area (Å²) < 4.78 is 52.0. The summed E-state index contributed by atoms with van der Waals surface area (Å²) in [5, 5.41) is 179. The Bertz CT molecular complexity index is 1770. The van der Waals surface area contributed by atoms with Gasteiger partial charge in [-0.2, -0.15) is 0 Å². The van der Waals surface area contributed by atoms with Crippen LogP contribution in [0.25, 0.3) is 0 Å². The van der Waals surface area contributed by atoms with Crippen LogP contribution < -0.4 is 16.0 Å². The van der Waals surface area contributed by atoms with Crippen molar-refractivity contribution >= 4 is 23.7 Å². The standard InChI is InChI=1S/C39H65N3O29/c1-10(48)40-19-13(51)4-39(38(61)62,70-32(19)22(53)14(52)5-43)71-33-28(59)37(69-31-21(42-12(3)50)34(60)63-16(7-45)24(31)55)66-18(9-47)30(33)68-35-20(41-11(2)49)25(56)29(17(8-46)65-35)67-36-27(58)26(57)23(54)15(6-44)64-36/h13-37,43-47,51-60H,4-9H2,1-3H3,(H,40,48)(H,41,49)(H,42,50)(H,61,62)/t13-,14+,15+,16+,17+,18+,19+,20+,21+,22+,23-,24-,25+,26-,27+,28+,29-,30-,31+,32+,33+,34-,35-,36-,37-,39-/m0/s1. The summed E-state index contributed by atoms with van der Waals surface area (Å²) in [6.07, 6.45) is -46.0. The Labute approximate surface area is 402 Å². The number of hydrogen-bond acceptors (Lipinski definition) is 28. The molecule has 410 valence electrons. The zero-order chi connectivity index (χ0) is 53.0. The van der Waals surface area contributed by atoms with Gasteiger partial charge < -0.3 is 140 Å². The minimum atomic E-state index is -3.33. The van der Waals surface area contributed by atoms with Crippen LogP contribution >= 0.6 is 0 Å². The number of aliphatic carboxylic acids is 1. The monoisotopic (exact) mass is 1040 g/mol. The van der Waals surface area contributed by atoms with E-state index in [1.165, 1.54) is 0 Å². The number of aliphatic hydroxyl groups is 15. The van der Waals surface area contributed by atoms with Crippen LogP contribution in [0.5, 0.6) is 0 Å². The van der Waals surface area contributed by atoms with Crippen molar-refractivity contribution in [2.75, 3.05) is 33.0 Å². The molecule has 5 rings (SSSR count). The molecule has 71 heavy (non-hydrogen) atoms. The van der Waals surface area contributed by atoms with Gasteiger partial charge in [0, 0.05) is 27.2 Å². The average molecular weight is 1040 g/mol. The van der Waals surface area contributed by atoms with E-state index in [4.69, 9.17) is 42.6 Å². The van der Waals surface area contributed by atoms with Crippen LogP contribution in [0.2, 0.25) is 0 Å². The summed E-state index contributed by atoms with van der Waals surface area (Å²) in [7, 11) is 0. The van der Waals surface area contributed by atoms with E-state index in [0.717, 1.165) is 20.8 Å². The molecular weight excluding hydrogens is 974 g/mol. The van der Waals surface area contributed by atoms with E-state index in [2.05, 4.69) is 16.0 Å². The van der Waals surface area contributed by atoms with Gasteiger partial charge in [-0.1, -0.05) is 0 Å². The lowest BCUT2D eigenvalue weighted by atomic mass is 9.88. The normalized spacial score (nSPS) is 45.0. The van der Waals surface area contributed by atoms with Crippen molar-refractivity contribution in [1.82, 2.24) is 16.0 Å². The van der Waals surface area contributed by atoms with Gasteiger partial charge in [0.2, 0.25) is 17.7 Å². The van der Waals surface area contributed by atoms with Gasteiger partial charge in [-0.15, -0.1) is 0 Å². The fraction of sp³-hybridized carbons (Fsp3) is 0.897. The highest BCUT2D eigenvalue weighted by Gasteiger charge is 2.62. The third-order valence-corrected chi connectivity index (χ3v) is 12.5. The molecule has 32 heteroatoms. The number of rotatable bonds is 19.